The second-order valence-electron chi connectivity index (χ2n) is 10.5. The second kappa shape index (κ2) is 8.60. The third kappa shape index (κ3) is 4.60. The Bertz CT molecular complexity index is 1210. The number of halogens is 1. The van der Waals surface area contributed by atoms with E-state index in [4.69, 9.17) is 4.74 Å². The van der Waals surface area contributed by atoms with Crippen molar-refractivity contribution in [3.63, 3.8) is 0 Å². The maximum absolute atomic E-state index is 15.5. The number of rotatable bonds is 5. The molecule has 2 aliphatic rings. The van der Waals surface area contributed by atoms with Gasteiger partial charge in [0.2, 0.25) is 5.43 Å². The zero-order valence-corrected chi connectivity index (χ0v) is 20.3. The number of alkyl carbamates (subject to hydrolysis) is 1. The summed E-state index contributed by atoms with van der Waals surface area (Å²) in [5, 5.41) is 12.5. The number of amides is 1. The molecule has 1 amide bonds. The average molecular weight is 474 g/mol. The van der Waals surface area contributed by atoms with Crippen molar-refractivity contribution in [2.24, 2.45) is 5.92 Å². The minimum atomic E-state index is -1.31. The number of carboxylic acids is 1. The Labute approximate surface area is 197 Å². The quantitative estimate of drug-likeness (QED) is 0.674. The zero-order valence-electron chi connectivity index (χ0n) is 20.3. The first-order valence-corrected chi connectivity index (χ1v) is 11.7. The summed E-state index contributed by atoms with van der Waals surface area (Å²) >= 11 is 0. The number of anilines is 1. The number of hydrogen-bond acceptors (Lipinski definition) is 5. The van der Waals surface area contributed by atoms with Gasteiger partial charge in [-0.3, -0.25) is 4.79 Å². The van der Waals surface area contributed by atoms with Crippen molar-refractivity contribution in [2.45, 2.75) is 71.6 Å². The molecule has 2 aromatic rings. The van der Waals surface area contributed by atoms with Crippen LogP contribution in [0.2, 0.25) is 0 Å². The number of pyridine rings is 1. The van der Waals surface area contributed by atoms with Gasteiger partial charge in [-0.2, -0.15) is 0 Å². The summed E-state index contributed by atoms with van der Waals surface area (Å²) in [6.45, 7) is 10.0. The van der Waals surface area contributed by atoms with Crippen LogP contribution in [0.5, 0.6) is 0 Å². The maximum Gasteiger partial charge on any atom is 0.407 e. The third-order valence-corrected chi connectivity index (χ3v) is 6.66. The molecule has 2 atom stereocenters. The van der Waals surface area contributed by atoms with Gasteiger partial charge < -0.3 is 24.6 Å². The lowest BCUT2D eigenvalue weighted by Gasteiger charge is -2.26. The Morgan fingerprint density at radius 2 is 1.94 bits per heavy atom. The number of carbonyl (C=O) groups excluding carboxylic acids is 1. The predicted molar refractivity (Wildman–Crippen MR) is 127 cm³/mol. The minimum absolute atomic E-state index is 0.0999. The summed E-state index contributed by atoms with van der Waals surface area (Å²) in [5.41, 5.74) is -0.452. The van der Waals surface area contributed by atoms with Crippen LogP contribution in [0.1, 0.15) is 68.9 Å². The number of aromatic carboxylic acids is 1. The van der Waals surface area contributed by atoms with Gasteiger partial charge >= 0.3 is 12.1 Å². The van der Waals surface area contributed by atoms with Crippen molar-refractivity contribution < 1.29 is 23.8 Å². The molecule has 34 heavy (non-hydrogen) atoms. The first-order chi connectivity index (χ1) is 15.9. The molecule has 1 aliphatic heterocycles. The van der Waals surface area contributed by atoms with E-state index < -0.39 is 28.9 Å². The lowest BCUT2D eigenvalue weighted by atomic mass is 10.0. The van der Waals surface area contributed by atoms with Gasteiger partial charge in [0.1, 0.15) is 17.0 Å². The Morgan fingerprint density at radius 3 is 2.53 bits per heavy atom. The molecule has 1 saturated heterocycles. The molecule has 2 heterocycles. The summed E-state index contributed by atoms with van der Waals surface area (Å²) < 4.78 is 22.7. The molecule has 0 spiro atoms. The number of hydrogen-bond donors (Lipinski definition) is 2. The molecule has 9 heteroatoms. The van der Waals surface area contributed by atoms with E-state index in [1.807, 2.05) is 16.4 Å². The largest absolute Gasteiger partial charge is 0.477 e. The van der Waals surface area contributed by atoms with E-state index in [1.165, 1.54) is 13.1 Å². The van der Waals surface area contributed by atoms with Gasteiger partial charge in [-0.1, -0.05) is 0 Å². The zero-order chi connectivity index (χ0) is 24.9. The smallest absolute Gasteiger partial charge is 0.407 e. The maximum atomic E-state index is 15.5. The normalized spacial score (nSPS) is 19.4. The standard InChI is InChI=1S/C25H32FN3O5/c1-13-20-18(29(16-6-7-16)12-17(22(20)30)23(31)32)10-19(21(13)26)28-9-8-15(11-28)14(2)27-24(33)34-25(3,4)5/h10,12,14-16H,6-9,11H2,1-5H3,(H,27,33)(H,31,32)/t14?,15-/m1/s1. The molecule has 2 fully saturated rings. The fourth-order valence-electron chi connectivity index (χ4n) is 4.71. The summed E-state index contributed by atoms with van der Waals surface area (Å²) in [6, 6.07) is 1.63. The van der Waals surface area contributed by atoms with Crippen LogP contribution in [-0.2, 0) is 4.74 Å². The molecule has 1 aromatic heterocycles. The lowest BCUT2D eigenvalue weighted by Crippen LogP contribution is -2.42. The molecule has 0 bridgehead atoms. The van der Waals surface area contributed by atoms with Crippen LogP contribution in [0, 0.1) is 18.7 Å². The minimum Gasteiger partial charge on any atom is -0.477 e. The number of carbonyl (C=O) groups is 2. The number of aromatic nitrogens is 1. The number of ether oxygens (including phenoxy) is 1. The summed E-state index contributed by atoms with van der Waals surface area (Å²) in [4.78, 5) is 38.6. The molecule has 4 rings (SSSR count). The fraction of sp³-hybridized carbons (Fsp3) is 0.560. The first kappa shape index (κ1) is 24.0. The van der Waals surface area contributed by atoms with Crippen molar-refractivity contribution in [3.8, 4) is 0 Å². The Balaban J connectivity index is 1.64. The van der Waals surface area contributed by atoms with Crippen molar-refractivity contribution in [2.75, 3.05) is 18.0 Å². The van der Waals surface area contributed by atoms with E-state index in [1.54, 1.807) is 26.8 Å². The summed E-state index contributed by atoms with van der Waals surface area (Å²) in [7, 11) is 0. The van der Waals surface area contributed by atoms with E-state index in [0.29, 0.717) is 24.3 Å². The average Bonchev–Trinajstić information content (AvgIpc) is 3.44. The summed E-state index contributed by atoms with van der Waals surface area (Å²) in [6.07, 6.45) is 3.46. The van der Waals surface area contributed by atoms with Gasteiger partial charge in [0, 0.05) is 36.9 Å². The number of aryl methyl sites for hydroxylation is 1. The highest BCUT2D eigenvalue weighted by molar-refractivity contribution is 5.95. The second-order valence-corrected chi connectivity index (χ2v) is 10.5. The van der Waals surface area contributed by atoms with Crippen LogP contribution in [0.3, 0.4) is 0 Å². The van der Waals surface area contributed by atoms with Gasteiger partial charge in [-0.25, -0.2) is 14.0 Å². The van der Waals surface area contributed by atoms with Gasteiger partial charge in [-0.05, 0) is 65.9 Å². The molecule has 0 radical (unpaired) electrons. The number of benzene rings is 1. The molecular weight excluding hydrogens is 441 g/mol. The van der Waals surface area contributed by atoms with Crippen LogP contribution in [0.15, 0.2) is 17.1 Å². The van der Waals surface area contributed by atoms with Crippen LogP contribution in [0.25, 0.3) is 10.9 Å². The highest BCUT2D eigenvalue weighted by atomic mass is 19.1. The van der Waals surface area contributed by atoms with Crippen LogP contribution < -0.4 is 15.6 Å². The van der Waals surface area contributed by atoms with Gasteiger partial charge in [0.05, 0.1) is 16.6 Å². The van der Waals surface area contributed by atoms with Crippen molar-refractivity contribution in [3.05, 3.63) is 39.4 Å². The predicted octanol–water partition coefficient (Wildman–Crippen LogP) is 4.22. The highest BCUT2D eigenvalue weighted by Crippen LogP contribution is 2.39. The van der Waals surface area contributed by atoms with Gasteiger partial charge in [0.15, 0.2) is 0 Å². The van der Waals surface area contributed by atoms with Crippen molar-refractivity contribution >= 4 is 28.7 Å². The lowest BCUT2D eigenvalue weighted by molar-refractivity contribution is 0.0494. The number of fused-ring (bicyclic) bond motifs is 1. The topological polar surface area (TPSA) is 101 Å². The van der Waals surface area contributed by atoms with Crippen LogP contribution >= 0.6 is 0 Å². The fourth-order valence-corrected chi connectivity index (χ4v) is 4.71. The molecule has 2 N–H and O–H groups in total. The molecule has 1 aliphatic carbocycles. The number of carboxylic acid groups (broad SMARTS) is 1. The van der Waals surface area contributed by atoms with E-state index in [2.05, 4.69) is 5.32 Å². The van der Waals surface area contributed by atoms with Crippen molar-refractivity contribution in [1.82, 2.24) is 9.88 Å². The highest BCUT2D eigenvalue weighted by Gasteiger charge is 2.33. The number of nitrogens with zero attached hydrogens (tertiary/aromatic N) is 2. The Hall–Kier alpha value is -3.10. The molecule has 1 aromatic carbocycles. The van der Waals surface area contributed by atoms with Crippen LogP contribution in [-0.4, -0.2) is 46.5 Å². The molecule has 1 saturated carbocycles. The van der Waals surface area contributed by atoms with E-state index in [0.717, 1.165) is 19.3 Å². The molecule has 1 unspecified atom stereocenters. The molecule has 8 nitrogen and oxygen atoms in total. The Kier molecular flexibility index (Phi) is 6.08. The van der Waals surface area contributed by atoms with E-state index in [-0.39, 0.29) is 34.5 Å². The number of nitrogens with one attached hydrogen (secondary N) is 1. The monoisotopic (exact) mass is 473 g/mol. The Morgan fingerprint density at radius 1 is 1.26 bits per heavy atom. The van der Waals surface area contributed by atoms with Crippen molar-refractivity contribution in [1.29, 1.82) is 0 Å². The first-order valence-electron chi connectivity index (χ1n) is 11.7. The SMILES string of the molecule is Cc1c(F)c(N2CC[C@@H](C(C)NC(=O)OC(C)(C)C)C2)cc2c1c(=O)c(C(=O)O)cn2C1CC1. The molecular formula is C25H32FN3O5. The van der Waals surface area contributed by atoms with Crippen LogP contribution in [0.4, 0.5) is 14.9 Å². The van der Waals surface area contributed by atoms with E-state index in [9.17, 15) is 19.5 Å². The third-order valence-electron chi connectivity index (χ3n) is 6.66. The summed E-state index contributed by atoms with van der Waals surface area (Å²) in [5.74, 6) is -1.72. The van der Waals surface area contributed by atoms with E-state index >= 15 is 4.39 Å². The van der Waals surface area contributed by atoms with Gasteiger partial charge in [0.25, 0.3) is 0 Å². The van der Waals surface area contributed by atoms with Gasteiger partial charge in [-0.15, -0.1) is 0 Å². The molecule has 184 valence electrons.